The quantitative estimate of drug-likeness (QED) is 0.433. The van der Waals surface area contributed by atoms with Gasteiger partial charge in [0.15, 0.2) is 4.30 Å². The lowest BCUT2D eigenvalue weighted by Crippen LogP contribution is -2.13. The number of rotatable bonds is 5. The van der Waals surface area contributed by atoms with Gasteiger partial charge in [-0.05, 0) is 34.0 Å². The Kier molecular flexibility index (Phi) is 24.3. The van der Waals surface area contributed by atoms with Gasteiger partial charge in [0.1, 0.15) is 0 Å². The van der Waals surface area contributed by atoms with Crippen molar-refractivity contribution < 1.29 is 0 Å². The number of alkyl halides is 3. The van der Waals surface area contributed by atoms with Crippen molar-refractivity contribution in [2.45, 2.75) is 17.6 Å². The molecule has 0 atom stereocenters. The van der Waals surface area contributed by atoms with Crippen molar-refractivity contribution in [1.82, 2.24) is 4.90 Å². The number of halogens is 4. The Hall–Kier alpha value is 0.500. The van der Waals surface area contributed by atoms with Crippen LogP contribution in [-0.2, 0) is 0 Å². The maximum Gasteiger partial charge on any atom is 0.180 e. The lowest BCUT2D eigenvalue weighted by Gasteiger charge is -2.05. The molecule has 0 saturated heterocycles. The van der Waals surface area contributed by atoms with Crippen molar-refractivity contribution in [3.63, 3.8) is 0 Å². The van der Waals surface area contributed by atoms with Crippen LogP contribution in [0.25, 0.3) is 0 Å². The highest BCUT2D eigenvalue weighted by atomic mass is 35.6. The molecule has 0 unspecified atom stereocenters. The minimum absolute atomic E-state index is 0. The number of nitrogens with zero attached hydrogens (tertiary/aromatic N) is 3. The summed E-state index contributed by atoms with van der Waals surface area (Å²) in [5, 5.41) is 0. The molecule has 0 saturated carbocycles. The maximum absolute atomic E-state index is 4.81. The van der Waals surface area contributed by atoms with E-state index in [4.69, 9.17) is 34.8 Å². The first kappa shape index (κ1) is 21.8. The van der Waals surface area contributed by atoms with E-state index in [9.17, 15) is 0 Å². The van der Waals surface area contributed by atoms with Crippen LogP contribution < -0.4 is 0 Å². The Bertz CT molecular complexity index is 177. The first-order valence-corrected chi connectivity index (χ1v) is 5.96. The normalized spacial score (nSPS) is 8.75. The summed E-state index contributed by atoms with van der Waals surface area (Å²) >= 11 is 14.4. The summed E-state index contributed by atoms with van der Waals surface area (Å²) in [5.41, 5.74) is 0. The first-order chi connectivity index (χ1) is 7.00. The van der Waals surface area contributed by atoms with Crippen LogP contribution in [0, 0.1) is 0 Å². The average molecular weight is 311 g/mol. The van der Waals surface area contributed by atoms with E-state index in [-0.39, 0.29) is 12.4 Å². The standard InChI is InChI=1S/C8H17N3.CHCl3.ClH/c1-4-9-8-10-6-5-7-11(2)3;2-1(3)4;/h4-7H2,1-3H3;1H;1H. The van der Waals surface area contributed by atoms with Crippen LogP contribution in [0.4, 0.5) is 0 Å². The maximum atomic E-state index is 4.81. The van der Waals surface area contributed by atoms with E-state index in [0.717, 1.165) is 26.1 Å². The van der Waals surface area contributed by atoms with Crippen molar-refractivity contribution in [1.29, 1.82) is 0 Å². The fourth-order valence-electron chi connectivity index (χ4n) is 0.637. The number of hydrogen-bond acceptors (Lipinski definition) is 3. The van der Waals surface area contributed by atoms with Crippen LogP contribution in [0.3, 0.4) is 0 Å². The second kappa shape index (κ2) is 17.9. The molecule has 0 aromatic rings. The molecule has 0 N–H and O–H groups in total. The third-order valence-corrected chi connectivity index (χ3v) is 1.17. The average Bonchev–Trinajstić information content (AvgIpc) is 2.09. The van der Waals surface area contributed by atoms with Gasteiger partial charge in [0.2, 0.25) is 0 Å². The molecule has 0 rings (SSSR count). The molecule has 0 fully saturated rings. The molecule has 0 aromatic carbocycles. The summed E-state index contributed by atoms with van der Waals surface area (Å²) in [6, 6.07) is 2.64. The second-order valence-electron chi connectivity index (χ2n) is 2.86. The van der Waals surface area contributed by atoms with Crippen LogP contribution in [0.1, 0.15) is 13.3 Å². The van der Waals surface area contributed by atoms with E-state index < -0.39 is 4.30 Å². The predicted molar refractivity (Wildman–Crippen MR) is 77.0 cm³/mol. The van der Waals surface area contributed by atoms with Crippen LogP contribution >= 0.6 is 47.2 Å². The van der Waals surface area contributed by atoms with Crippen LogP contribution in [0.2, 0.25) is 0 Å². The lowest BCUT2D eigenvalue weighted by atomic mass is 10.4. The minimum atomic E-state index is -0.750. The Morgan fingerprint density at radius 1 is 1.19 bits per heavy atom. The van der Waals surface area contributed by atoms with Crippen molar-refractivity contribution >= 4 is 53.2 Å². The van der Waals surface area contributed by atoms with Crippen molar-refractivity contribution in [2.24, 2.45) is 9.98 Å². The highest BCUT2D eigenvalue weighted by molar-refractivity contribution is 6.63. The first-order valence-electron chi connectivity index (χ1n) is 4.65. The minimum Gasteiger partial charge on any atom is -0.309 e. The van der Waals surface area contributed by atoms with Crippen molar-refractivity contribution in [2.75, 3.05) is 33.7 Å². The lowest BCUT2D eigenvalue weighted by molar-refractivity contribution is 0.403. The number of aliphatic imine (C=N–C) groups is 2. The van der Waals surface area contributed by atoms with Crippen LogP contribution in [0.15, 0.2) is 9.98 Å². The topological polar surface area (TPSA) is 28.0 Å². The van der Waals surface area contributed by atoms with Gasteiger partial charge in [0, 0.05) is 6.54 Å². The van der Waals surface area contributed by atoms with E-state index in [2.05, 4.69) is 35.0 Å². The largest absolute Gasteiger partial charge is 0.309 e. The van der Waals surface area contributed by atoms with E-state index in [1.807, 2.05) is 6.92 Å². The summed E-state index contributed by atoms with van der Waals surface area (Å²) < 4.78 is -0.750. The molecule has 7 heteroatoms. The zero-order valence-corrected chi connectivity index (χ0v) is 12.9. The van der Waals surface area contributed by atoms with Gasteiger partial charge in [-0.2, -0.15) is 0 Å². The Morgan fingerprint density at radius 3 is 2.06 bits per heavy atom. The molecule has 0 aliphatic heterocycles. The molecule has 0 amide bonds. The highest BCUT2D eigenvalue weighted by Gasteiger charge is 1.86. The smallest absolute Gasteiger partial charge is 0.180 e. The predicted octanol–water partition coefficient (Wildman–Crippen LogP) is 3.54. The Balaban J connectivity index is -0.000000292. The van der Waals surface area contributed by atoms with Crippen LogP contribution in [-0.4, -0.2) is 48.9 Å². The molecule has 0 aromatic heterocycles. The molecule has 0 radical (unpaired) electrons. The summed E-state index contributed by atoms with van der Waals surface area (Å²) in [6.45, 7) is 4.67. The van der Waals surface area contributed by atoms with E-state index in [0.29, 0.717) is 0 Å². The summed E-state index contributed by atoms with van der Waals surface area (Å²) in [4.78, 5) is 9.99. The Morgan fingerprint density at radius 2 is 1.69 bits per heavy atom. The summed E-state index contributed by atoms with van der Waals surface area (Å²) in [6.07, 6.45) is 1.08. The van der Waals surface area contributed by atoms with Gasteiger partial charge in [-0.25, -0.2) is 9.98 Å². The van der Waals surface area contributed by atoms with Crippen LogP contribution in [0.5, 0.6) is 0 Å². The van der Waals surface area contributed by atoms with Crippen molar-refractivity contribution in [3.05, 3.63) is 0 Å². The van der Waals surface area contributed by atoms with Gasteiger partial charge in [0.25, 0.3) is 0 Å². The molecule has 0 aliphatic rings. The van der Waals surface area contributed by atoms with Gasteiger partial charge in [0.05, 0.1) is 12.6 Å². The van der Waals surface area contributed by atoms with E-state index in [1.54, 1.807) is 0 Å². The third kappa shape index (κ3) is 36.6. The molecule has 0 bridgehead atoms. The van der Waals surface area contributed by atoms with Crippen molar-refractivity contribution in [3.8, 4) is 0 Å². The highest BCUT2D eigenvalue weighted by Crippen LogP contribution is 2.03. The van der Waals surface area contributed by atoms with Gasteiger partial charge in [-0.15, -0.1) is 12.4 Å². The molecule has 16 heavy (non-hydrogen) atoms. The summed E-state index contributed by atoms with van der Waals surface area (Å²) in [7, 11) is 4.12. The van der Waals surface area contributed by atoms with Gasteiger partial charge in [-0.1, -0.05) is 34.8 Å². The molecule has 0 aliphatic carbocycles. The van der Waals surface area contributed by atoms with Gasteiger partial charge in [-0.3, -0.25) is 0 Å². The summed E-state index contributed by atoms with van der Waals surface area (Å²) in [5.74, 6) is 0. The fraction of sp³-hybridized carbons (Fsp3) is 0.889. The van der Waals surface area contributed by atoms with E-state index >= 15 is 0 Å². The molecular formula is C9H19Cl4N3. The van der Waals surface area contributed by atoms with Gasteiger partial charge < -0.3 is 4.90 Å². The SMILES string of the molecule is CCN=C=NCCCN(C)C.Cl.ClC(Cl)Cl. The second-order valence-corrected chi connectivity index (χ2v) is 4.84. The monoisotopic (exact) mass is 309 g/mol. The van der Waals surface area contributed by atoms with E-state index in [1.165, 1.54) is 0 Å². The zero-order chi connectivity index (χ0) is 12.1. The molecule has 98 valence electrons. The molecular weight excluding hydrogens is 292 g/mol. The van der Waals surface area contributed by atoms with Gasteiger partial charge >= 0.3 is 0 Å². The third-order valence-electron chi connectivity index (χ3n) is 1.17. The Labute approximate surface area is 119 Å². The molecule has 3 nitrogen and oxygen atoms in total. The fourth-order valence-corrected chi connectivity index (χ4v) is 0.637. The molecule has 0 heterocycles. The molecule has 0 spiro atoms. The zero-order valence-electron chi connectivity index (χ0n) is 9.79. The number of hydrogen-bond donors (Lipinski definition) is 0.